The van der Waals surface area contributed by atoms with Crippen LogP contribution in [0, 0.1) is 0 Å². The van der Waals surface area contributed by atoms with E-state index in [4.69, 9.17) is 16.3 Å². The minimum absolute atomic E-state index is 0.0638. The molecular weight excluding hydrogens is 374 g/mol. The molecule has 1 N–H and O–H groups in total. The number of pyridine rings is 1. The van der Waals surface area contributed by atoms with Crippen molar-refractivity contribution in [2.45, 2.75) is 51.9 Å². The zero-order valence-electron chi connectivity index (χ0n) is 16.5. The van der Waals surface area contributed by atoms with Crippen LogP contribution in [-0.2, 0) is 22.5 Å². The second kappa shape index (κ2) is 9.89. The molecule has 1 aromatic carbocycles. The summed E-state index contributed by atoms with van der Waals surface area (Å²) in [5.41, 5.74) is 2.20. The van der Waals surface area contributed by atoms with Crippen LogP contribution in [0.3, 0.4) is 0 Å². The molecule has 0 bridgehead atoms. The number of nitrogens with zero attached hydrogens (tertiary/aromatic N) is 2. The lowest BCUT2D eigenvalue weighted by Crippen LogP contribution is -2.45. The van der Waals surface area contributed by atoms with E-state index in [-0.39, 0.29) is 18.1 Å². The third kappa shape index (κ3) is 6.21. The summed E-state index contributed by atoms with van der Waals surface area (Å²) in [6, 6.07) is 11.8. The van der Waals surface area contributed by atoms with Crippen molar-refractivity contribution in [3.05, 3.63) is 58.7 Å². The number of morpholine rings is 1. The van der Waals surface area contributed by atoms with Crippen molar-refractivity contribution < 1.29 is 9.53 Å². The van der Waals surface area contributed by atoms with Gasteiger partial charge < -0.3 is 15.0 Å². The van der Waals surface area contributed by atoms with E-state index in [9.17, 15) is 4.79 Å². The summed E-state index contributed by atoms with van der Waals surface area (Å²) >= 11 is 5.88. The number of aryl methyl sites for hydroxylation is 1. The Balaban J connectivity index is 1.40. The van der Waals surface area contributed by atoms with Crippen LogP contribution < -0.4 is 10.2 Å². The molecule has 0 unspecified atom stereocenters. The van der Waals surface area contributed by atoms with Gasteiger partial charge in [-0.05, 0) is 56.0 Å². The van der Waals surface area contributed by atoms with Gasteiger partial charge in [-0.2, -0.15) is 0 Å². The number of rotatable bonds is 7. The Bertz CT molecular complexity index is 754. The predicted octanol–water partition coefficient (Wildman–Crippen LogP) is 3.99. The summed E-state index contributed by atoms with van der Waals surface area (Å²) in [6.45, 7) is 6.37. The second-order valence-corrected chi connectivity index (χ2v) is 7.88. The first kappa shape index (κ1) is 20.6. The maximum Gasteiger partial charge on any atom is 0.220 e. The molecule has 1 aliphatic heterocycles. The number of ether oxygens (including phenoxy) is 1. The topological polar surface area (TPSA) is 54.5 Å². The van der Waals surface area contributed by atoms with Gasteiger partial charge in [-0.1, -0.05) is 29.8 Å². The second-order valence-electron chi connectivity index (χ2n) is 7.44. The fourth-order valence-corrected chi connectivity index (χ4v) is 3.59. The Morgan fingerprint density at radius 3 is 2.46 bits per heavy atom. The number of aromatic nitrogens is 1. The predicted molar refractivity (Wildman–Crippen MR) is 113 cm³/mol. The van der Waals surface area contributed by atoms with Crippen LogP contribution in [0.15, 0.2) is 42.6 Å². The molecule has 1 saturated heterocycles. The van der Waals surface area contributed by atoms with E-state index in [0.717, 1.165) is 42.3 Å². The Morgan fingerprint density at radius 1 is 1.14 bits per heavy atom. The van der Waals surface area contributed by atoms with Crippen LogP contribution in [0.25, 0.3) is 0 Å². The Morgan fingerprint density at radius 2 is 1.82 bits per heavy atom. The summed E-state index contributed by atoms with van der Waals surface area (Å²) in [5, 5.41) is 3.71. The van der Waals surface area contributed by atoms with E-state index < -0.39 is 0 Å². The van der Waals surface area contributed by atoms with E-state index in [0.29, 0.717) is 13.0 Å². The Labute approximate surface area is 172 Å². The molecule has 3 rings (SSSR count). The first-order chi connectivity index (χ1) is 13.5. The van der Waals surface area contributed by atoms with Gasteiger partial charge >= 0.3 is 0 Å². The molecule has 1 aromatic heterocycles. The van der Waals surface area contributed by atoms with Gasteiger partial charge in [0.2, 0.25) is 5.91 Å². The average Bonchev–Trinajstić information content (AvgIpc) is 2.67. The molecule has 2 atom stereocenters. The van der Waals surface area contributed by atoms with E-state index in [2.05, 4.69) is 29.0 Å². The van der Waals surface area contributed by atoms with Crippen LogP contribution in [0.2, 0.25) is 5.02 Å². The average molecular weight is 402 g/mol. The number of amides is 1. The van der Waals surface area contributed by atoms with Gasteiger partial charge in [-0.25, -0.2) is 4.98 Å². The van der Waals surface area contributed by atoms with Gasteiger partial charge in [-0.15, -0.1) is 0 Å². The summed E-state index contributed by atoms with van der Waals surface area (Å²) in [6.07, 6.45) is 4.45. The third-order valence-electron chi connectivity index (χ3n) is 4.82. The largest absolute Gasteiger partial charge is 0.372 e. The van der Waals surface area contributed by atoms with Crippen molar-refractivity contribution in [1.29, 1.82) is 0 Å². The molecule has 6 heteroatoms. The monoisotopic (exact) mass is 401 g/mol. The van der Waals surface area contributed by atoms with Crippen molar-refractivity contribution >= 4 is 23.3 Å². The lowest BCUT2D eigenvalue weighted by Gasteiger charge is -2.36. The number of carbonyl (C=O) groups is 1. The van der Waals surface area contributed by atoms with Gasteiger partial charge in [0.05, 0.1) is 12.2 Å². The molecule has 5 nitrogen and oxygen atoms in total. The molecule has 0 radical (unpaired) electrons. The fourth-order valence-electron chi connectivity index (χ4n) is 3.47. The zero-order valence-corrected chi connectivity index (χ0v) is 17.3. The maximum absolute atomic E-state index is 12.1. The summed E-state index contributed by atoms with van der Waals surface area (Å²) in [5.74, 6) is 1.02. The van der Waals surface area contributed by atoms with Gasteiger partial charge in [0.15, 0.2) is 0 Å². The number of benzene rings is 1. The number of hydrogen-bond acceptors (Lipinski definition) is 4. The molecule has 0 aliphatic carbocycles. The molecule has 0 saturated carbocycles. The maximum atomic E-state index is 12.1. The highest BCUT2D eigenvalue weighted by Crippen LogP contribution is 2.18. The zero-order chi connectivity index (χ0) is 19.9. The lowest BCUT2D eigenvalue weighted by atomic mass is 10.1. The smallest absolute Gasteiger partial charge is 0.220 e. The van der Waals surface area contributed by atoms with Gasteiger partial charge in [-0.3, -0.25) is 4.79 Å². The summed E-state index contributed by atoms with van der Waals surface area (Å²) in [4.78, 5) is 18.9. The van der Waals surface area contributed by atoms with Gasteiger partial charge in [0, 0.05) is 37.3 Å². The van der Waals surface area contributed by atoms with Crippen LogP contribution in [0.1, 0.15) is 37.8 Å². The van der Waals surface area contributed by atoms with Crippen LogP contribution >= 0.6 is 11.6 Å². The highest BCUT2D eigenvalue weighted by atomic mass is 35.5. The van der Waals surface area contributed by atoms with Gasteiger partial charge in [0.1, 0.15) is 5.82 Å². The van der Waals surface area contributed by atoms with E-state index in [1.807, 2.05) is 42.6 Å². The molecule has 2 heterocycles. The van der Waals surface area contributed by atoms with E-state index in [1.54, 1.807) is 0 Å². The van der Waals surface area contributed by atoms with Gasteiger partial charge in [0.25, 0.3) is 0 Å². The quantitative estimate of drug-likeness (QED) is 0.762. The Hall–Kier alpha value is -2.11. The number of hydrogen-bond donors (Lipinski definition) is 1. The molecule has 1 aliphatic rings. The fraction of sp³-hybridized carbons (Fsp3) is 0.455. The number of carbonyl (C=O) groups excluding carboxylic acids is 1. The minimum Gasteiger partial charge on any atom is -0.372 e. The first-order valence-electron chi connectivity index (χ1n) is 9.86. The molecule has 150 valence electrons. The molecule has 28 heavy (non-hydrogen) atoms. The highest BCUT2D eigenvalue weighted by Gasteiger charge is 2.22. The van der Waals surface area contributed by atoms with Crippen LogP contribution in [0.4, 0.5) is 5.82 Å². The molecule has 1 amide bonds. The minimum atomic E-state index is 0.0638. The summed E-state index contributed by atoms with van der Waals surface area (Å²) in [7, 11) is 0. The van der Waals surface area contributed by atoms with Crippen LogP contribution in [0.5, 0.6) is 0 Å². The van der Waals surface area contributed by atoms with Crippen molar-refractivity contribution in [2.75, 3.05) is 18.0 Å². The van der Waals surface area contributed by atoms with E-state index in [1.165, 1.54) is 5.56 Å². The number of halogens is 1. The normalized spacial score (nSPS) is 19.5. The third-order valence-corrected chi connectivity index (χ3v) is 5.08. The van der Waals surface area contributed by atoms with Crippen molar-refractivity contribution in [3.63, 3.8) is 0 Å². The standard InChI is InChI=1S/C22H28ClN3O2/c1-16-14-26(15-17(2)28-16)21-11-8-19(12-24-21)13-25-22(27)5-3-4-18-6-9-20(23)10-7-18/h6-12,16-17H,3-5,13-15H2,1-2H3,(H,25,27)/t16-,17+. The lowest BCUT2D eigenvalue weighted by molar-refractivity contribution is -0.121. The molecule has 2 aromatic rings. The number of nitrogens with one attached hydrogen (secondary N) is 1. The van der Waals surface area contributed by atoms with E-state index >= 15 is 0 Å². The van der Waals surface area contributed by atoms with Crippen molar-refractivity contribution in [2.24, 2.45) is 0 Å². The molecule has 1 fully saturated rings. The molecule has 0 spiro atoms. The van der Waals surface area contributed by atoms with Crippen molar-refractivity contribution in [3.8, 4) is 0 Å². The van der Waals surface area contributed by atoms with Crippen molar-refractivity contribution in [1.82, 2.24) is 10.3 Å². The molecular formula is C22H28ClN3O2. The summed E-state index contributed by atoms with van der Waals surface area (Å²) < 4.78 is 5.77. The first-order valence-corrected chi connectivity index (χ1v) is 10.2. The SMILES string of the molecule is C[C@@H]1CN(c2ccc(CNC(=O)CCCc3ccc(Cl)cc3)cn2)C[C@H](C)O1. The highest BCUT2D eigenvalue weighted by molar-refractivity contribution is 6.30. The number of anilines is 1. The Kier molecular flexibility index (Phi) is 7.29. The van der Waals surface area contributed by atoms with Crippen LogP contribution in [-0.4, -0.2) is 36.2 Å².